The van der Waals surface area contributed by atoms with Gasteiger partial charge in [0, 0.05) is 0 Å². The average molecular weight is 264 g/mol. The smallest absolute Gasteiger partial charge is 0.309 e. The highest BCUT2D eigenvalue weighted by Crippen LogP contribution is 2.63. The van der Waals surface area contributed by atoms with Crippen molar-refractivity contribution in [2.75, 3.05) is 6.61 Å². The summed E-state index contributed by atoms with van der Waals surface area (Å²) in [5, 5.41) is 0. The number of hydrogen-bond acceptors (Lipinski definition) is 2. The maximum Gasteiger partial charge on any atom is 0.309 e. The van der Waals surface area contributed by atoms with Gasteiger partial charge in [-0.25, -0.2) is 0 Å². The van der Waals surface area contributed by atoms with E-state index in [0.29, 0.717) is 12.0 Å². The minimum Gasteiger partial charge on any atom is -0.466 e. The van der Waals surface area contributed by atoms with Gasteiger partial charge < -0.3 is 4.74 Å². The Morgan fingerprint density at radius 2 is 1.63 bits per heavy atom. The van der Waals surface area contributed by atoms with Gasteiger partial charge in [0.15, 0.2) is 0 Å². The first kappa shape index (κ1) is 13.5. The van der Waals surface area contributed by atoms with Crippen molar-refractivity contribution in [3.8, 4) is 0 Å². The first-order valence-electron chi connectivity index (χ1n) is 8.33. The zero-order valence-corrected chi connectivity index (χ0v) is 12.5. The lowest BCUT2D eigenvalue weighted by molar-refractivity contribution is -0.164. The van der Waals surface area contributed by atoms with Crippen molar-refractivity contribution in [2.24, 2.45) is 29.1 Å². The first-order chi connectivity index (χ1) is 9.16. The Labute approximate surface area is 117 Å². The van der Waals surface area contributed by atoms with E-state index in [0.717, 1.165) is 30.6 Å². The summed E-state index contributed by atoms with van der Waals surface area (Å²) in [6.45, 7) is 4.67. The summed E-state index contributed by atoms with van der Waals surface area (Å²) in [5.74, 6) is 3.04. The second-order valence-electron chi connectivity index (χ2n) is 7.37. The lowest BCUT2D eigenvalue weighted by Gasteiger charge is -2.59. The zero-order valence-electron chi connectivity index (χ0n) is 12.5. The number of rotatable bonds is 5. The summed E-state index contributed by atoms with van der Waals surface area (Å²) < 4.78 is 5.41. The normalized spacial score (nSPS) is 41.3. The van der Waals surface area contributed by atoms with Gasteiger partial charge in [-0.1, -0.05) is 13.3 Å². The number of esters is 1. The van der Waals surface area contributed by atoms with Gasteiger partial charge >= 0.3 is 5.97 Å². The van der Waals surface area contributed by atoms with Gasteiger partial charge in [0.2, 0.25) is 0 Å². The molecule has 108 valence electrons. The minimum absolute atomic E-state index is 0.103. The standard InChI is InChI=1S/C17H28O2/c1-3-5-15(16(18)19-4-2)17-9-12-6-13(10-17)8-14(7-12)11-17/h12-15H,3-11H2,1-2H3. The number of carbonyl (C=O) groups excluding carboxylic acids is 1. The molecule has 0 saturated heterocycles. The van der Waals surface area contributed by atoms with Crippen LogP contribution in [0.4, 0.5) is 0 Å². The van der Waals surface area contributed by atoms with Crippen LogP contribution in [0.3, 0.4) is 0 Å². The van der Waals surface area contributed by atoms with E-state index in [9.17, 15) is 4.79 Å². The second kappa shape index (κ2) is 5.10. The second-order valence-corrected chi connectivity index (χ2v) is 7.37. The van der Waals surface area contributed by atoms with Crippen molar-refractivity contribution in [3.63, 3.8) is 0 Å². The van der Waals surface area contributed by atoms with Crippen LogP contribution in [0.5, 0.6) is 0 Å². The topological polar surface area (TPSA) is 26.3 Å². The van der Waals surface area contributed by atoms with Crippen molar-refractivity contribution < 1.29 is 9.53 Å². The summed E-state index contributed by atoms with van der Waals surface area (Å²) in [4.78, 5) is 12.4. The molecule has 0 aromatic heterocycles. The van der Waals surface area contributed by atoms with Crippen molar-refractivity contribution >= 4 is 5.97 Å². The fourth-order valence-corrected chi connectivity index (χ4v) is 5.81. The molecule has 0 N–H and O–H groups in total. The highest BCUT2D eigenvalue weighted by molar-refractivity contribution is 5.73. The SMILES string of the molecule is CCCC(C(=O)OCC)C12CC3CC(CC(C3)C1)C2. The molecule has 0 heterocycles. The lowest BCUT2D eigenvalue weighted by atomic mass is 9.46. The molecule has 4 rings (SSSR count). The Kier molecular flexibility index (Phi) is 3.61. The third-order valence-corrected chi connectivity index (χ3v) is 5.97. The van der Waals surface area contributed by atoms with Gasteiger partial charge in [-0.05, 0) is 75.0 Å². The quantitative estimate of drug-likeness (QED) is 0.696. The fourth-order valence-electron chi connectivity index (χ4n) is 5.81. The highest BCUT2D eigenvalue weighted by Gasteiger charge is 2.55. The third kappa shape index (κ3) is 2.32. The molecule has 4 saturated carbocycles. The Morgan fingerprint density at radius 3 is 2.05 bits per heavy atom. The molecule has 0 spiro atoms. The molecule has 0 aromatic rings. The molecular formula is C17H28O2. The molecule has 4 aliphatic carbocycles. The molecule has 19 heavy (non-hydrogen) atoms. The van der Waals surface area contributed by atoms with Gasteiger partial charge in [0.25, 0.3) is 0 Å². The van der Waals surface area contributed by atoms with Crippen LogP contribution in [0.2, 0.25) is 0 Å². The van der Waals surface area contributed by atoms with Crippen molar-refractivity contribution in [2.45, 2.75) is 65.2 Å². The Hall–Kier alpha value is -0.530. The van der Waals surface area contributed by atoms with Crippen LogP contribution < -0.4 is 0 Å². The third-order valence-electron chi connectivity index (χ3n) is 5.97. The van der Waals surface area contributed by atoms with Crippen LogP contribution in [-0.4, -0.2) is 12.6 Å². The van der Waals surface area contributed by atoms with E-state index in [1.54, 1.807) is 0 Å². The maximum atomic E-state index is 12.4. The Balaban J connectivity index is 1.82. The molecule has 0 amide bonds. The summed E-state index contributed by atoms with van der Waals surface area (Å²) in [5.41, 5.74) is 0.316. The summed E-state index contributed by atoms with van der Waals surface area (Å²) in [7, 11) is 0. The van der Waals surface area contributed by atoms with Crippen LogP contribution >= 0.6 is 0 Å². The summed E-state index contributed by atoms with van der Waals surface area (Å²) in [6.07, 6.45) is 10.4. The molecule has 2 heteroatoms. The maximum absolute atomic E-state index is 12.4. The van der Waals surface area contributed by atoms with E-state index < -0.39 is 0 Å². The fraction of sp³-hybridized carbons (Fsp3) is 0.941. The summed E-state index contributed by atoms with van der Waals surface area (Å²) in [6, 6.07) is 0. The molecule has 0 radical (unpaired) electrons. The first-order valence-corrected chi connectivity index (χ1v) is 8.33. The Bertz CT molecular complexity index is 312. The number of ether oxygens (including phenoxy) is 1. The van der Waals surface area contributed by atoms with Crippen molar-refractivity contribution in [1.82, 2.24) is 0 Å². The van der Waals surface area contributed by atoms with Crippen LogP contribution in [0.15, 0.2) is 0 Å². The van der Waals surface area contributed by atoms with Crippen LogP contribution in [0.1, 0.15) is 65.2 Å². The van der Waals surface area contributed by atoms with Gasteiger partial charge in [0.05, 0.1) is 12.5 Å². The van der Waals surface area contributed by atoms with Crippen LogP contribution in [0, 0.1) is 29.1 Å². The van der Waals surface area contributed by atoms with E-state index in [-0.39, 0.29) is 11.9 Å². The monoisotopic (exact) mass is 264 g/mol. The van der Waals surface area contributed by atoms with E-state index in [1.165, 1.54) is 38.5 Å². The summed E-state index contributed by atoms with van der Waals surface area (Å²) >= 11 is 0. The predicted octanol–water partition coefficient (Wildman–Crippen LogP) is 4.18. The lowest BCUT2D eigenvalue weighted by Crippen LogP contribution is -2.51. The largest absolute Gasteiger partial charge is 0.466 e. The van der Waals surface area contributed by atoms with Crippen LogP contribution in [0.25, 0.3) is 0 Å². The molecule has 2 nitrogen and oxygen atoms in total. The molecule has 4 bridgehead atoms. The molecule has 4 fully saturated rings. The number of hydrogen-bond donors (Lipinski definition) is 0. The molecule has 1 atom stereocenters. The molecule has 1 unspecified atom stereocenters. The van der Waals surface area contributed by atoms with Crippen molar-refractivity contribution in [1.29, 1.82) is 0 Å². The molecular weight excluding hydrogens is 236 g/mol. The average Bonchev–Trinajstić information content (AvgIpc) is 2.34. The van der Waals surface area contributed by atoms with Crippen LogP contribution in [-0.2, 0) is 9.53 Å². The molecule has 4 aliphatic rings. The van der Waals surface area contributed by atoms with Gasteiger partial charge in [-0.3, -0.25) is 4.79 Å². The number of carbonyl (C=O) groups is 1. The van der Waals surface area contributed by atoms with Crippen molar-refractivity contribution in [3.05, 3.63) is 0 Å². The van der Waals surface area contributed by atoms with E-state index in [1.807, 2.05) is 6.92 Å². The predicted molar refractivity (Wildman–Crippen MR) is 75.6 cm³/mol. The van der Waals surface area contributed by atoms with E-state index in [4.69, 9.17) is 4.74 Å². The van der Waals surface area contributed by atoms with E-state index in [2.05, 4.69) is 6.92 Å². The Morgan fingerprint density at radius 1 is 1.11 bits per heavy atom. The van der Waals surface area contributed by atoms with Gasteiger partial charge in [-0.15, -0.1) is 0 Å². The highest BCUT2D eigenvalue weighted by atomic mass is 16.5. The van der Waals surface area contributed by atoms with E-state index >= 15 is 0 Å². The molecule has 0 aliphatic heterocycles. The van der Waals surface area contributed by atoms with Gasteiger partial charge in [0.1, 0.15) is 0 Å². The minimum atomic E-state index is 0.103. The zero-order chi connectivity index (χ0) is 13.5. The van der Waals surface area contributed by atoms with Gasteiger partial charge in [-0.2, -0.15) is 0 Å². The molecule has 0 aromatic carbocycles.